The highest BCUT2D eigenvalue weighted by molar-refractivity contribution is 7.80. The maximum absolute atomic E-state index is 13.8. The van der Waals surface area contributed by atoms with Gasteiger partial charge in [0.15, 0.2) is 5.11 Å². The van der Waals surface area contributed by atoms with Crippen LogP contribution in [0.5, 0.6) is 0 Å². The van der Waals surface area contributed by atoms with Gasteiger partial charge in [0.25, 0.3) is 0 Å². The lowest BCUT2D eigenvalue weighted by Gasteiger charge is -2.28. The molecule has 1 fully saturated rings. The number of ether oxygens (including phenoxy) is 1. The number of thiocarbonyl (C=S) groups is 1. The smallest absolute Gasteiger partial charge is 0.383 e. The number of halogens is 3. The second kappa shape index (κ2) is 9.15. The van der Waals surface area contributed by atoms with Gasteiger partial charge in [0.1, 0.15) is 0 Å². The predicted octanol–water partition coefficient (Wildman–Crippen LogP) is 5.13. The van der Waals surface area contributed by atoms with Crippen molar-refractivity contribution in [1.29, 1.82) is 0 Å². The molecule has 0 aliphatic carbocycles. The number of alkyl halides is 3. The van der Waals surface area contributed by atoms with E-state index in [-0.39, 0.29) is 17.8 Å². The molecule has 0 amide bonds. The van der Waals surface area contributed by atoms with Gasteiger partial charge in [0.2, 0.25) is 0 Å². The molecular weight excluding hydrogens is 449 g/mol. The number of aromatic nitrogens is 2. The van der Waals surface area contributed by atoms with Crippen LogP contribution in [-0.4, -0.2) is 39.8 Å². The zero-order chi connectivity index (χ0) is 23.8. The largest absolute Gasteiger partial charge is 0.418 e. The molecule has 2 aromatic heterocycles. The summed E-state index contributed by atoms with van der Waals surface area (Å²) in [6, 6.07) is 12.8. The Balaban J connectivity index is 1.86. The fourth-order valence-electron chi connectivity index (χ4n) is 4.54. The highest BCUT2D eigenvalue weighted by Gasteiger charge is 2.41. The van der Waals surface area contributed by atoms with Gasteiger partial charge in [-0.2, -0.15) is 13.2 Å². The second-order valence-corrected chi connectivity index (χ2v) is 8.38. The summed E-state index contributed by atoms with van der Waals surface area (Å²) >= 11 is 5.63. The predicted molar refractivity (Wildman–Crippen MR) is 124 cm³/mol. The lowest BCUT2D eigenvalue weighted by atomic mass is 9.97. The number of hydrogen-bond acceptors (Lipinski definition) is 3. The van der Waals surface area contributed by atoms with E-state index in [0.29, 0.717) is 24.0 Å². The summed E-state index contributed by atoms with van der Waals surface area (Å²) in [7, 11) is 1.62. The minimum atomic E-state index is -4.46. The molecule has 1 aliphatic heterocycles. The number of aryl methyl sites for hydroxylation is 1. The van der Waals surface area contributed by atoms with Crippen molar-refractivity contribution in [2.24, 2.45) is 0 Å². The molecule has 4 rings (SSSR count). The summed E-state index contributed by atoms with van der Waals surface area (Å²) in [4.78, 5) is 6.54. The van der Waals surface area contributed by atoms with E-state index in [4.69, 9.17) is 17.0 Å². The van der Waals surface area contributed by atoms with Crippen molar-refractivity contribution in [2.45, 2.75) is 32.1 Å². The topological polar surface area (TPSA) is 42.3 Å². The molecule has 0 unspecified atom stereocenters. The van der Waals surface area contributed by atoms with Crippen LogP contribution >= 0.6 is 12.2 Å². The van der Waals surface area contributed by atoms with E-state index in [0.717, 1.165) is 23.0 Å². The highest BCUT2D eigenvalue weighted by atomic mass is 32.1. The van der Waals surface area contributed by atoms with Crippen LogP contribution in [0.2, 0.25) is 0 Å². The molecule has 0 bridgehead atoms. The van der Waals surface area contributed by atoms with Crippen LogP contribution in [0.25, 0.3) is 5.69 Å². The quantitative estimate of drug-likeness (QED) is 0.502. The Bertz CT molecular complexity index is 1150. The minimum Gasteiger partial charge on any atom is -0.383 e. The number of nitrogens with zero attached hydrogens (tertiary/aromatic N) is 3. The van der Waals surface area contributed by atoms with Gasteiger partial charge >= 0.3 is 6.18 Å². The van der Waals surface area contributed by atoms with E-state index < -0.39 is 11.7 Å². The lowest BCUT2D eigenvalue weighted by Crippen LogP contribution is -2.32. The molecule has 9 heteroatoms. The van der Waals surface area contributed by atoms with E-state index in [1.165, 1.54) is 12.1 Å². The molecule has 3 aromatic rings. The Kier molecular flexibility index (Phi) is 6.45. The van der Waals surface area contributed by atoms with Crippen molar-refractivity contribution in [2.75, 3.05) is 20.3 Å². The van der Waals surface area contributed by atoms with Gasteiger partial charge in [-0.05, 0) is 62.0 Å². The maximum atomic E-state index is 13.8. The van der Waals surface area contributed by atoms with Crippen molar-refractivity contribution in [3.63, 3.8) is 0 Å². The van der Waals surface area contributed by atoms with Crippen LogP contribution in [0.4, 0.5) is 13.2 Å². The number of methoxy groups -OCH3 is 1. The van der Waals surface area contributed by atoms with Crippen LogP contribution in [0.3, 0.4) is 0 Å². The molecule has 2 atom stereocenters. The van der Waals surface area contributed by atoms with Crippen molar-refractivity contribution in [3.8, 4) is 5.69 Å². The van der Waals surface area contributed by atoms with Crippen LogP contribution in [0, 0.1) is 13.8 Å². The van der Waals surface area contributed by atoms with Gasteiger partial charge in [-0.25, -0.2) is 0 Å². The molecule has 33 heavy (non-hydrogen) atoms. The van der Waals surface area contributed by atoms with E-state index in [9.17, 15) is 13.2 Å². The summed E-state index contributed by atoms with van der Waals surface area (Å²) in [6.07, 6.45) is -2.74. The highest BCUT2D eigenvalue weighted by Crippen LogP contribution is 2.42. The number of pyridine rings is 1. The third kappa shape index (κ3) is 4.35. The molecule has 1 saturated heterocycles. The standard InChI is InChI=1S/C24H25F3N4OS/c1-15-14-17(16(2)31(15)20-10-5-4-8-18(20)24(25,26)27)22-21(19-9-6-7-11-28-19)29-23(33)30(22)12-13-32-3/h4-11,14,21-22H,12-13H2,1-3H3,(H,29,33)/t21-,22-/m0/s1. The van der Waals surface area contributed by atoms with Crippen LogP contribution in [0.1, 0.15) is 40.3 Å². The number of rotatable bonds is 6. The summed E-state index contributed by atoms with van der Waals surface area (Å²) in [5.74, 6) is 0. The third-order valence-electron chi connectivity index (χ3n) is 5.97. The van der Waals surface area contributed by atoms with Gasteiger partial charge in [-0.15, -0.1) is 0 Å². The Morgan fingerprint density at radius 3 is 2.52 bits per heavy atom. The van der Waals surface area contributed by atoms with Gasteiger partial charge in [0.05, 0.1) is 35.6 Å². The molecule has 0 saturated carbocycles. The number of hydrogen-bond donors (Lipinski definition) is 1. The van der Waals surface area contributed by atoms with E-state index >= 15 is 0 Å². The summed E-state index contributed by atoms with van der Waals surface area (Å²) in [5.41, 5.74) is 2.58. The molecule has 174 valence electrons. The SMILES string of the molecule is COCCN1C(=S)N[C@@H](c2ccccn2)[C@@H]1c1cc(C)n(-c2ccccc2C(F)(F)F)c1C. The number of nitrogens with one attached hydrogen (secondary N) is 1. The third-order valence-corrected chi connectivity index (χ3v) is 6.33. The fourth-order valence-corrected chi connectivity index (χ4v) is 4.87. The minimum absolute atomic E-state index is 0.109. The van der Waals surface area contributed by atoms with Crippen LogP contribution < -0.4 is 5.32 Å². The first-order valence-corrected chi connectivity index (χ1v) is 11.0. The Labute approximate surface area is 196 Å². The van der Waals surface area contributed by atoms with Crippen molar-refractivity contribution in [1.82, 2.24) is 19.8 Å². The van der Waals surface area contributed by atoms with E-state index in [1.807, 2.05) is 43.0 Å². The first kappa shape index (κ1) is 23.3. The fraction of sp³-hybridized carbons (Fsp3) is 0.333. The van der Waals surface area contributed by atoms with Gasteiger partial charge < -0.3 is 19.5 Å². The van der Waals surface area contributed by atoms with Crippen LogP contribution in [0.15, 0.2) is 54.7 Å². The van der Waals surface area contributed by atoms with Gasteiger partial charge in [-0.1, -0.05) is 18.2 Å². The molecule has 1 aliphatic rings. The Morgan fingerprint density at radius 1 is 1.12 bits per heavy atom. The normalized spacial score (nSPS) is 18.6. The molecule has 1 aromatic carbocycles. The van der Waals surface area contributed by atoms with E-state index in [2.05, 4.69) is 10.3 Å². The Morgan fingerprint density at radius 2 is 1.85 bits per heavy atom. The van der Waals surface area contributed by atoms with Crippen molar-refractivity contribution in [3.05, 3.63) is 82.9 Å². The lowest BCUT2D eigenvalue weighted by molar-refractivity contribution is -0.137. The Hall–Kier alpha value is -2.91. The molecule has 1 N–H and O–H groups in total. The molecular formula is C24H25F3N4OS. The summed E-state index contributed by atoms with van der Waals surface area (Å²) < 4.78 is 48.3. The monoisotopic (exact) mass is 474 g/mol. The first-order chi connectivity index (χ1) is 15.7. The average Bonchev–Trinajstić information content (AvgIpc) is 3.27. The maximum Gasteiger partial charge on any atom is 0.418 e. The molecule has 0 spiro atoms. The first-order valence-electron chi connectivity index (χ1n) is 10.6. The van der Waals surface area contributed by atoms with Gasteiger partial charge in [-0.3, -0.25) is 4.98 Å². The van der Waals surface area contributed by atoms with Crippen molar-refractivity contribution >= 4 is 17.3 Å². The number of para-hydroxylation sites is 1. The zero-order valence-corrected chi connectivity index (χ0v) is 19.4. The molecule has 5 nitrogen and oxygen atoms in total. The van der Waals surface area contributed by atoms with Crippen molar-refractivity contribution < 1.29 is 17.9 Å². The summed E-state index contributed by atoms with van der Waals surface area (Å²) in [6.45, 7) is 4.67. The second-order valence-electron chi connectivity index (χ2n) is 7.99. The van der Waals surface area contributed by atoms with Gasteiger partial charge in [0, 0.05) is 31.2 Å². The number of benzene rings is 1. The molecule has 0 radical (unpaired) electrons. The molecule has 3 heterocycles. The van der Waals surface area contributed by atoms with E-state index in [1.54, 1.807) is 23.9 Å². The van der Waals surface area contributed by atoms with Crippen LogP contribution in [-0.2, 0) is 10.9 Å². The summed E-state index contributed by atoms with van der Waals surface area (Å²) in [5, 5.41) is 3.92. The average molecular weight is 475 g/mol. The zero-order valence-electron chi connectivity index (χ0n) is 18.6.